The number of ether oxygens (including phenoxy) is 1. The highest BCUT2D eigenvalue weighted by atomic mass is 32.1. The van der Waals surface area contributed by atoms with Crippen LogP contribution in [-0.2, 0) is 11.3 Å². The molecule has 0 saturated carbocycles. The molecule has 0 aliphatic heterocycles. The van der Waals surface area contributed by atoms with E-state index >= 15 is 0 Å². The van der Waals surface area contributed by atoms with E-state index in [2.05, 4.69) is 15.6 Å². The van der Waals surface area contributed by atoms with Crippen molar-refractivity contribution in [1.29, 1.82) is 0 Å². The van der Waals surface area contributed by atoms with Gasteiger partial charge in [-0.25, -0.2) is 4.79 Å². The van der Waals surface area contributed by atoms with Gasteiger partial charge < -0.3 is 15.4 Å². The lowest BCUT2D eigenvalue weighted by Gasteiger charge is -2.19. The fourth-order valence-electron chi connectivity index (χ4n) is 1.11. The molecule has 0 aliphatic rings. The van der Waals surface area contributed by atoms with Crippen molar-refractivity contribution in [2.24, 2.45) is 0 Å². The van der Waals surface area contributed by atoms with Crippen molar-refractivity contribution >= 4 is 17.4 Å². The van der Waals surface area contributed by atoms with Gasteiger partial charge in [0, 0.05) is 30.7 Å². The zero-order valence-corrected chi connectivity index (χ0v) is 11.3. The first kappa shape index (κ1) is 13.9. The lowest BCUT2D eigenvalue weighted by Crippen LogP contribution is -2.36. The van der Waals surface area contributed by atoms with E-state index in [1.165, 1.54) is 4.88 Å². The first-order chi connectivity index (χ1) is 7.97. The normalized spacial score (nSPS) is 11.2. The number of rotatable bonds is 5. The highest BCUT2D eigenvalue weighted by Gasteiger charge is 2.15. The Morgan fingerprint density at radius 3 is 2.82 bits per heavy atom. The van der Waals surface area contributed by atoms with Crippen molar-refractivity contribution in [3.8, 4) is 0 Å². The molecule has 0 fully saturated rings. The molecule has 1 amide bonds. The fourth-order valence-corrected chi connectivity index (χ4v) is 1.67. The first-order valence-corrected chi connectivity index (χ1v) is 6.40. The molecular weight excluding hydrogens is 238 g/mol. The summed E-state index contributed by atoms with van der Waals surface area (Å²) < 4.78 is 5.10. The minimum absolute atomic E-state index is 0.378. The number of hydrogen-bond acceptors (Lipinski definition) is 5. The van der Waals surface area contributed by atoms with Crippen LogP contribution in [0.4, 0.5) is 4.79 Å². The van der Waals surface area contributed by atoms with Crippen molar-refractivity contribution in [3.63, 3.8) is 0 Å². The van der Waals surface area contributed by atoms with Crippen LogP contribution < -0.4 is 10.6 Å². The number of alkyl carbamates (subject to hydrolysis) is 1. The number of hydrogen-bond donors (Lipinski definition) is 2. The molecule has 6 heteroatoms. The van der Waals surface area contributed by atoms with Crippen LogP contribution in [0, 0.1) is 0 Å². The second kappa shape index (κ2) is 6.56. The smallest absolute Gasteiger partial charge is 0.407 e. The summed E-state index contributed by atoms with van der Waals surface area (Å²) in [6, 6.07) is 0. The van der Waals surface area contributed by atoms with Gasteiger partial charge in [-0.05, 0) is 20.8 Å². The van der Waals surface area contributed by atoms with Crippen molar-refractivity contribution in [3.05, 3.63) is 16.6 Å². The van der Waals surface area contributed by atoms with Crippen molar-refractivity contribution in [1.82, 2.24) is 15.6 Å². The predicted molar refractivity (Wildman–Crippen MR) is 68.1 cm³/mol. The summed E-state index contributed by atoms with van der Waals surface area (Å²) in [6.45, 7) is 7.56. The van der Waals surface area contributed by atoms with Crippen LogP contribution in [0.2, 0.25) is 0 Å². The van der Waals surface area contributed by atoms with E-state index in [1.54, 1.807) is 16.8 Å². The average molecular weight is 257 g/mol. The Kier molecular flexibility index (Phi) is 5.37. The molecule has 0 unspecified atom stereocenters. The predicted octanol–water partition coefficient (Wildman–Crippen LogP) is 1.76. The van der Waals surface area contributed by atoms with Gasteiger partial charge >= 0.3 is 6.09 Å². The number of carbonyl (C=O) groups excluding carboxylic acids is 1. The molecule has 1 aromatic rings. The molecule has 5 nitrogen and oxygen atoms in total. The molecule has 0 spiro atoms. The van der Waals surface area contributed by atoms with E-state index < -0.39 is 5.60 Å². The molecule has 1 rings (SSSR count). The molecule has 17 heavy (non-hydrogen) atoms. The largest absolute Gasteiger partial charge is 0.444 e. The zero-order chi connectivity index (χ0) is 12.7. The summed E-state index contributed by atoms with van der Waals surface area (Å²) in [6.07, 6.45) is 1.45. The number of carbonyl (C=O) groups is 1. The number of aromatic nitrogens is 1. The third-order valence-corrected chi connectivity index (χ3v) is 2.53. The maximum absolute atomic E-state index is 11.3. The number of nitrogens with one attached hydrogen (secondary N) is 2. The van der Waals surface area contributed by atoms with Gasteiger partial charge in [0.2, 0.25) is 0 Å². The second-order valence-corrected chi connectivity index (χ2v) is 5.54. The van der Waals surface area contributed by atoms with Crippen LogP contribution >= 0.6 is 11.3 Å². The minimum Gasteiger partial charge on any atom is -0.444 e. The van der Waals surface area contributed by atoms with E-state index in [4.69, 9.17) is 4.74 Å². The van der Waals surface area contributed by atoms with E-state index in [9.17, 15) is 4.79 Å². The highest BCUT2D eigenvalue weighted by Crippen LogP contribution is 2.06. The first-order valence-electron chi connectivity index (χ1n) is 5.52. The molecule has 0 saturated heterocycles. The zero-order valence-electron chi connectivity index (χ0n) is 10.4. The third kappa shape index (κ3) is 6.91. The summed E-state index contributed by atoms with van der Waals surface area (Å²) in [7, 11) is 0. The number of amides is 1. The molecule has 0 aromatic carbocycles. The average Bonchev–Trinajstić information content (AvgIpc) is 2.67. The van der Waals surface area contributed by atoms with Gasteiger partial charge in [-0.15, -0.1) is 11.3 Å². The Balaban J connectivity index is 2.02. The Hall–Kier alpha value is -1.14. The molecule has 0 aliphatic carbocycles. The van der Waals surface area contributed by atoms with E-state index in [0.29, 0.717) is 13.1 Å². The topological polar surface area (TPSA) is 63.2 Å². The fraction of sp³-hybridized carbons (Fsp3) is 0.636. The maximum Gasteiger partial charge on any atom is 0.407 e. The van der Waals surface area contributed by atoms with Gasteiger partial charge in [0.05, 0.1) is 5.51 Å². The van der Waals surface area contributed by atoms with E-state index in [-0.39, 0.29) is 6.09 Å². The molecule has 1 heterocycles. The monoisotopic (exact) mass is 257 g/mol. The van der Waals surface area contributed by atoms with Gasteiger partial charge in [0.15, 0.2) is 0 Å². The van der Waals surface area contributed by atoms with Crippen LogP contribution in [-0.4, -0.2) is 29.8 Å². The molecule has 0 atom stereocenters. The molecule has 2 N–H and O–H groups in total. The third-order valence-electron chi connectivity index (χ3n) is 1.75. The van der Waals surface area contributed by atoms with Gasteiger partial charge in [0.1, 0.15) is 5.60 Å². The van der Waals surface area contributed by atoms with Crippen molar-refractivity contribution in [2.75, 3.05) is 13.1 Å². The SMILES string of the molecule is CC(C)(C)OC(=O)NCCNCc1cncs1. The second-order valence-electron chi connectivity index (χ2n) is 4.57. The van der Waals surface area contributed by atoms with Crippen LogP contribution in [0.1, 0.15) is 25.6 Å². The van der Waals surface area contributed by atoms with Crippen LogP contribution in [0.5, 0.6) is 0 Å². The summed E-state index contributed by atoms with van der Waals surface area (Å²) in [5.41, 5.74) is 1.36. The molecular formula is C11H19N3O2S. The van der Waals surface area contributed by atoms with Crippen LogP contribution in [0.15, 0.2) is 11.7 Å². The van der Waals surface area contributed by atoms with E-state index in [0.717, 1.165) is 6.54 Å². The lowest BCUT2D eigenvalue weighted by molar-refractivity contribution is 0.0528. The Morgan fingerprint density at radius 1 is 1.47 bits per heavy atom. The molecule has 1 aromatic heterocycles. The van der Waals surface area contributed by atoms with Gasteiger partial charge in [-0.1, -0.05) is 0 Å². The van der Waals surface area contributed by atoms with Crippen LogP contribution in [0.25, 0.3) is 0 Å². The molecule has 0 bridgehead atoms. The summed E-state index contributed by atoms with van der Waals surface area (Å²) in [4.78, 5) is 16.4. The standard InChI is InChI=1S/C11H19N3O2S/c1-11(2,3)16-10(15)14-5-4-12-6-9-7-13-8-17-9/h7-8,12H,4-6H2,1-3H3,(H,14,15). The highest BCUT2D eigenvalue weighted by molar-refractivity contribution is 7.09. The summed E-state index contributed by atoms with van der Waals surface area (Å²) in [5.74, 6) is 0. The van der Waals surface area contributed by atoms with Gasteiger partial charge in [0.25, 0.3) is 0 Å². The number of thiazole rings is 1. The van der Waals surface area contributed by atoms with Crippen molar-refractivity contribution < 1.29 is 9.53 Å². The minimum atomic E-state index is -0.444. The van der Waals surface area contributed by atoms with Gasteiger partial charge in [-0.3, -0.25) is 4.98 Å². The maximum atomic E-state index is 11.3. The Bertz CT molecular complexity index is 333. The van der Waals surface area contributed by atoms with Gasteiger partial charge in [-0.2, -0.15) is 0 Å². The quantitative estimate of drug-likeness (QED) is 0.789. The Morgan fingerprint density at radius 2 is 2.24 bits per heavy atom. The molecule has 96 valence electrons. The van der Waals surface area contributed by atoms with Crippen LogP contribution in [0.3, 0.4) is 0 Å². The summed E-state index contributed by atoms with van der Waals surface area (Å²) in [5, 5.41) is 5.89. The van der Waals surface area contributed by atoms with Crippen molar-refractivity contribution in [2.45, 2.75) is 32.9 Å². The van der Waals surface area contributed by atoms with E-state index in [1.807, 2.05) is 27.0 Å². The molecule has 0 radical (unpaired) electrons. The lowest BCUT2D eigenvalue weighted by atomic mass is 10.2. The number of nitrogens with zero attached hydrogens (tertiary/aromatic N) is 1. The Labute approximate surface area is 106 Å². The summed E-state index contributed by atoms with van der Waals surface area (Å²) >= 11 is 1.61.